The number of halogens is 1. The van der Waals surface area contributed by atoms with Crippen molar-refractivity contribution in [3.05, 3.63) is 34.9 Å². The van der Waals surface area contributed by atoms with E-state index < -0.39 is 6.10 Å². The number of ether oxygens (including phenoxy) is 2. The quantitative estimate of drug-likeness (QED) is 0.616. The van der Waals surface area contributed by atoms with Crippen LogP contribution in [-0.4, -0.2) is 44.6 Å². The van der Waals surface area contributed by atoms with Crippen molar-refractivity contribution in [1.29, 1.82) is 0 Å². The van der Waals surface area contributed by atoms with Gasteiger partial charge in [-0.05, 0) is 37.1 Å². The maximum Gasteiger partial charge on any atom is 0.0897 e. The number of rotatable bonds is 11. The Bertz CT molecular complexity index is 345. The van der Waals surface area contributed by atoms with Crippen LogP contribution in [0.3, 0.4) is 0 Å². The first-order valence-electron chi connectivity index (χ1n) is 6.92. The molecule has 1 aromatic rings. The highest BCUT2D eigenvalue weighted by Crippen LogP contribution is 2.10. The van der Waals surface area contributed by atoms with E-state index in [1.165, 1.54) is 0 Å². The summed E-state index contributed by atoms with van der Waals surface area (Å²) in [4.78, 5) is 0. The first-order chi connectivity index (χ1) is 9.72. The van der Waals surface area contributed by atoms with Gasteiger partial charge in [0.25, 0.3) is 0 Å². The Hall–Kier alpha value is -0.650. The van der Waals surface area contributed by atoms with Gasteiger partial charge in [0.2, 0.25) is 0 Å². The average Bonchev–Trinajstić information content (AvgIpc) is 2.45. The van der Waals surface area contributed by atoms with Crippen molar-refractivity contribution in [1.82, 2.24) is 5.32 Å². The molecule has 20 heavy (non-hydrogen) atoms. The molecule has 4 nitrogen and oxygen atoms in total. The minimum absolute atomic E-state index is 0.327. The van der Waals surface area contributed by atoms with Gasteiger partial charge in [-0.1, -0.05) is 23.7 Å². The Morgan fingerprint density at radius 1 is 1.25 bits per heavy atom. The Morgan fingerprint density at radius 3 is 2.70 bits per heavy atom. The number of aliphatic hydroxyl groups is 1. The lowest BCUT2D eigenvalue weighted by Gasteiger charge is -2.12. The molecule has 1 atom stereocenters. The van der Waals surface area contributed by atoms with Crippen LogP contribution in [-0.2, 0) is 16.1 Å². The highest BCUT2D eigenvalue weighted by atomic mass is 35.5. The van der Waals surface area contributed by atoms with E-state index in [4.69, 9.17) is 21.1 Å². The molecule has 1 aromatic carbocycles. The number of unbranched alkanes of at least 4 members (excludes halogenated alkanes) is 1. The molecule has 0 heterocycles. The summed E-state index contributed by atoms with van der Waals surface area (Å²) in [6, 6.07) is 7.50. The Morgan fingerprint density at radius 2 is 2.00 bits per heavy atom. The summed E-state index contributed by atoms with van der Waals surface area (Å²) in [5.41, 5.74) is 1.05. The number of aliphatic hydroxyl groups excluding tert-OH is 1. The lowest BCUT2D eigenvalue weighted by Crippen LogP contribution is -2.31. The van der Waals surface area contributed by atoms with E-state index in [0.29, 0.717) is 24.8 Å². The molecule has 0 spiro atoms. The highest BCUT2D eigenvalue weighted by Gasteiger charge is 2.03. The molecule has 0 bridgehead atoms. The molecule has 0 amide bonds. The molecule has 114 valence electrons. The molecule has 5 heteroatoms. The van der Waals surface area contributed by atoms with Crippen molar-refractivity contribution in [2.24, 2.45) is 0 Å². The van der Waals surface area contributed by atoms with E-state index >= 15 is 0 Å². The highest BCUT2D eigenvalue weighted by molar-refractivity contribution is 6.30. The predicted molar refractivity (Wildman–Crippen MR) is 81.1 cm³/mol. The monoisotopic (exact) mass is 301 g/mol. The Balaban J connectivity index is 1.99. The van der Waals surface area contributed by atoms with E-state index in [1.807, 2.05) is 24.3 Å². The number of methoxy groups -OCH3 is 1. The molecular formula is C15H24ClNO3. The third-order valence-corrected chi connectivity index (χ3v) is 3.08. The third kappa shape index (κ3) is 8.51. The van der Waals surface area contributed by atoms with Crippen LogP contribution in [0.15, 0.2) is 24.3 Å². The Labute approximate surface area is 126 Å². The van der Waals surface area contributed by atoms with Gasteiger partial charge in [-0.15, -0.1) is 0 Å². The van der Waals surface area contributed by atoms with E-state index in [-0.39, 0.29) is 0 Å². The lowest BCUT2D eigenvalue weighted by atomic mass is 10.2. The summed E-state index contributed by atoms with van der Waals surface area (Å²) >= 11 is 5.80. The topological polar surface area (TPSA) is 50.7 Å². The summed E-state index contributed by atoms with van der Waals surface area (Å²) < 4.78 is 10.4. The van der Waals surface area contributed by atoms with Gasteiger partial charge in [0.05, 0.1) is 19.3 Å². The van der Waals surface area contributed by atoms with Crippen LogP contribution in [0, 0.1) is 0 Å². The number of benzene rings is 1. The summed E-state index contributed by atoms with van der Waals surface area (Å²) in [6.07, 6.45) is 1.60. The SMILES string of the molecule is COCCCCNCC(O)COCc1ccc(Cl)cc1. The largest absolute Gasteiger partial charge is 0.389 e. The molecule has 0 fully saturated rings. The van der Waals surface area contributed by atoms with E-state index in [9.17, 15) is 5.11 Å². The molecule has 0 aromatic heterocycles. The smallest absolute Gasteiger partial charge is 0.0897 e. The third-order valence-electron chi connectivity index (χ3n) is 2.82. The minimum Gasteiger partial charge on any atom is -0.389 e. The summed E-state index contributed by atoms with van der Waals surface area (Å²) in [5.74, 6) is 0. The van der Waals surface area contributed by atoms with Crippen LogP contribution in [0.2, 0.25) is 5.02 Å². The van der Waals surface area contributed by atoms with Gasteiger partial charge in [0, 0.05) is 25.3 Å². The second-order valence-electron chi connectivity index (χ2n) is 4.70. The van der Waals surface area contributed by atoms with Crippen LogP contribution >= 0.6 is 11.6 Å². The number of hydrogen-bond acceptors (Lipinski definition) is 4. The summed E-state index contributed by atoms with van der Waals surface area (Å²) in [7, 11) is 1.70. The molecule has 1 rings (SSSR count). The lowest BCUT2D eigenvalue weighted by molar-refractivity contribution is 0.0289. The van der Waals surface area contributed by atoms with Crippen LogP contribution in [0.4, 0.5) is 0 Å². The molecule has 2 N–H and O–H groups in total. The molecule has 0 aliphatic rings. The van der Waals surface area contributed by atoms with Crippen LogP contribution in [0.25, 0.3) is 0 Å². The number of nitrogens with one attached hydrogen (secondary N) is 1. The van der Waals surface area contributed by atoms with Gasteiger partial charge in [-0.3, -0.25) is 0 Å². The van der Waals surface area contributed by atoms with Gasteiger partial charge < -0.3 is 19.9 Å². The Kier molecular flexibility index (Phi) is 9.62. The van der Waals surface area contributed by atoms with Gasteiger partial charge in [-0.25, -0.2) is 0 Å². The van der Waals surface area contributed by atoms with Crippen molar-refractivity contribution in [2.75, 3.05) is 33.4 Å². The zero-order valence-electron chi connectivity index (χ0n) is 12.0. The summed E-state index contributed by atoms with van der Waals surface area (Å²) in [6.45, 7) is 3.04. The fourth-order valence-electron chi connectivity index (χ4n) is 1.72. The molecule has 0 radical (unpaired) electrons. The van der Waals surface area contributed by atoms with Crippen LogP contribution in [0.5, 0.6) is 0 Å². The van der Waals surface area contributed by atoms with Crippen LogP contribution < -0.4 is 5.32 Å². The van der Waals surface area contributed by atoms with Crippen LogP contribution in [0.1, 0.15) is 18.4 Å². The second-order valence-corrected chi connectivity index (χ2v) is 5.14. The van der Waals surface area contributed by atoms with E-state index in [1.54, 1.807) is 7.11 Å². The first-order valence-corrected chi connectivity index (χ1v) is 7.30. The molecule has 0 aliphatic carbocycles. The van der Waals surface area contributed by atoms with Crippen molar-refractivity contribution < 1.29 is 14.6 Å². The van der Waals surface area contributed by atoms with Gasteiger partial charge in [0.15, 0.2) is 0 Å². The standard InChI is InChI=1S/C15H24ClNO3/c1-19-9-3-2-8-17-10-15(18)12-20-11-13-4-6-14(16)7-5-13/h4-7,15,17-18H,2-3,8-12H2,1H3. The molecule has 1 unspecified atom stereocenters. The van der Waals surface area contributed by atoms with Crippen molar-refractivity contribution in [3.8, 4) is 0 Å². The number of hydrogen-bond donors (Lipinski definition) is 2. The fourth-order valence-corrected chi connectivity index (χ4v) is 1.84. The molecule has 0 aliphatic heterocycles. The van der Waals surface area contributed by atoms with Gasteiger partial charge in [0.1, 0.15) is 0 Å². The van der Waals surface area contributed by atoms with Crippen molar-refractivity contribution in [3.63, 3.8) is 0 Å². The second kappa shape index (κ2) is 11.1. The fraction of sp³-hybridized carbons (Fsp3) is 0.600. The average molecular weight is 302 g/mol. The van der Waals surface area contributed by atoms with Crippen molar-refractivity contribution >= 4 is 11.6 Å². The zero-order chi connectivity index (χ0) is 14.6. The first kappa shape index (κ1) is 17.4. The van der Waals surface area contributed by atoms with Crippen molar-refractivity contribution in [2.45, 2.75) is 25.6 Å². The molecule has 0 saturated carbocycles. The van der Waals surface area contributed by atoms with Gasteiger partial charge in [-0.2, -0.15) is 0 Å². The molecule has 0 saturated heterocycles. The maximum absolute atomic E-state index is 9.74. The van der Waals surface area contributed by atoms with E-state index in [0.717, 1.165) is 31.6 Å². The minimum atomic E-state index is -0.482. The predicted octanol–water partition coefficient (Wildman–Crippen LogP) is 2.23. The normalized spacial score (nSPS) is 12.6. The summed E-state index contributed by atoms with van der Waals surface area (Å²) in [5, 5.41) is 13.7. The molecular weight excluding hydrogens is 278 g/mol. The maximum atomic E-state index is 9.74. The van der Waals surface area contributed by atoms with E-state index in [2.05, 4.69) is 5.32 Å². The zero-order valence-corrected chi connectivity index (χ0v) is 12.7. The van der Waals surface area contributed by atoms with Gasteiger partial charge >= 0.3 is 0 Å².